The molecule has 1 aliphatic heterocycles. The highest BCUT2D eigenvalue weighted by Gasteiger charge is 2.07. The van der Waals surface area contributed by atoms with Gasteiger partial charge in [0.05, 0.1) is 13.2 Å². The lowest BCUT2D eigenvalue weighted by Gasteiger charge is -2.12. The van der Waals surface area contributed by atoms with Crippen LogP contribution in [0.5, 0.6) is 0 Å². The van der Waals surface area contributed by atoms with Crippen LogP contribution in [0.3, 0.4) is 0 Å². The molecule has 0 spiro atoms. The molecule has 0 atom stereocenters. The lowest BCUT2D eigenvalue weighted by atomic mass is 10.1. The number of rotatable bonds is 1. The summed E-state index contributed by atoms with van der Waals surface area (Å²) < 4.78 is 4.97. The van der Waals surface area contributed by atoms with Crippen molar-refractivity contribution in [3.8, 4) is 0 Å². The van der Waals surface area contributed by atoms with Gasteiger partial charge in [-0.1, -0.05) is 0 Å². The van der Waals surface area contributed by atoms with Gasteiger partial charge in [-0.2, -0.15) is 0 Å². The molecule has 0 saturated heterocycles. The van der Waals surface area contributed by atoms with Gasteiger partial charge in [0.25, 0.3) is 0 Å². The summed E-state index contributed by atoms with van der Waals surface area (Å²) in [5.74, 6) is 0. The van der Waals surface area contributed by atoms with E-state index in [4.69, 9.17) is 10.5 Å². The summed E-state index contributed by atoms with van der Waals surface area (Å²) in [6.45, 7) is 1.03. The molecule has 50 valence electrons. The number of nitrogens with two attached hydrogens (primary N) is 1. The number of ether oxygens (including phenoxy) is 1. The standard InChI is InChI=1S/C6H9NO2/c7-6-1-2-9-4-5(6)3-8/h3H,1-2,4,7H2. The van der Waals surface area contributed by atoms with E-state index in [1.165, 1.54) is 0 Å². The fraction of sp³-hybridized carbons (Fsp3) is 0.500. The zero-order chi connectivity index (χ0) is 6.69. The predicted molar refractivity (Wildman–Crippen MR) is 32.7 cm³/mol. The molecule has 0 aromatic carbocycles. The van der Waals surface area contributed by atoms with Gasteiger partial charge in [0.1, 0.15) is 6.29 Å². The van der Waals surface area contributed by atoms with Crippen molar-refractivity contribution in [1.29, 1.82) is 0 Å². The molecule has 0 aromatic heterocycles. The molecule has 3 heteroatoms. The zero-order valence-corrected chi connectivity index (χ0v) is 5.09. The van der Waals surface area contributed by atoms with Crippen LogP contribution in [0.1, 0.15) is 6.42 Å². The Morgan fingerprint density at radius 2 is 2.44 bits per heavy atom. The van der Waals surface area contributed by atoms with Gasteiger partial charge in [0.15, 0.2) is 0 Å². The monoisotopic (exact) mass is 127 g/mol. The van der Waals surface area contributed by atoms with Gasteiger partial charge >= 0.3 is 0 Å². The van der Waals surface area contributed by atoms with Crippen molar-refractivity contribution in [3.05, 3.63) is 11.3 Å². The van der Waals surface area contributed by atoms with Crippen molar-refractivity contribution >= 4 is 6.29 Å². The summed E-state index contributed by atoms with van der Waals surface area (Å²) >= 11 is 0. The van der Waals surface area contributed by atoms with Crippen LogP contribution in [0.15, 0.2) is 11.3 Å². The molecule has 0 radical (unpaired) electrons. The highest BCUT2D eigenvalue weighted by molar-refractivity contribution is 5.74. The minimum absolute atomic E-state index is 0.384. The minimum Gasteiger partial charge on any atom is -0.402 e. The highest BCUT2D eigenvalue weighted by atomic mass is 16.5. The molecule has 0 unspecified atom stereocenters. The van der Waals surface area contributed by atoms with E-state index < -0.39 is 0 Å². The maximum atomic E-state index is 10.2. The van der Waals surface area contributed by atoms with Gasteiger partial charge in [-0.15, -0.1) is 0 Å². The Labute approximate surface area is 53.5 Å². The molecular formula is C6H9NO2. The third-order valence-electron chi connectivity index (χ3n) is 1.33. The molecule has 1 aliphatic rings. The van der Waals surface area contributed by atoms with Crippen LogP contribution in [0.2, 0.25) is 0 Å². The Bertz CT molecular complexity index is 151. The van der Waals surface area contributed by atoms with Gasteiger partial charge in [-0.05, 0) is 0 Å². The summed E-state index contributed by atoms with van der Waals surface area (Å²) in [7, 11) is 0. The molecule has 9 heavy (non-hydrogen) atoms. The van der Waals surface area contributed by atoms with E-state index in [0.29, 0.717) is 30.9 Å². The van der Waals surface area contributed by atoms with Crippen LogP contribution >= 0.6 is 0 Å². The number of hydrogen-bond donors (Lipinski definition) is 1. The van der Waals surface area contributed by atoms with E-state index in [0.717, 1.165) is 6.29 Å². The molecule has 0 amide bonds. The second-order valence-corrected chi connectivity index (χ2v) is 1.97. The first-order valence-electron chi connectivity index (χ1n) is 2.85. The molecule has 0 fully saturated rings. The molecule has 2 N–H and O–H groups in total. The summed E-state index contributed by atoms with van der Waals surface area (Å²) in [6, 6.07) is 0. The topological polar surface area (TPSA) is 52.3 Å². The van der Waals surface area contributed by atoms with Crippen molar-refractivity contribution in [1.82, 2.24) is 0 Å². The van der Waals surface area contributed by atoms with Crippen LogP contribution in [-0.4, -0.2) is 19.5 Å². The zero-order valence-electron chi connectivity index (χ0n) is 5.09. The van der Waals surface area contributed by atoms with Gasteiger partial charge < -0.3 is 10.5 Å². The number of aldehydes is 1. The summed E-state index contributed by atoms with van der Waals surface area (Å²) in [5.41, 5.74) is 6.73. The van der Waals surface area contributed by atoms with Crippen LogP contribution in [-0.2, 0) is 9.53 Å². The summed E-state index contributed by atoms with van der Waals surface area (Å²) in [6.07, 6.45) is 1.45. The first kappa shape index (κ1) is 6.29. The van der Waals surface area contributed by atoms with Crippen LogP contribution in [0.4, 0.5) is 0 Å². The fourth-order valence-corrected chi connectivity index (χ4v) is 0.727. The van der Waals surface area contributed by atoms with Crippen molar-refractivity contribution in [2.75, 3.05) is 13.2 Å². The number of hydrogen-bond acceptors (Lipinski definition) is 3. The quantitative estimate of drug-likeness (QED) is 0.497. The molecule has 0 aliphatic carbocycles. The first-order chi connectivity index (χ1) is 4.34. The van der Waals surface area contributed by atoms with E-state index in [2.05, 4.69) is 0 Å². The SMILES string of the molecule is NC1=C(C=O)COCC1. The summed E-state index contributed by atoms with van der Waals surface area (Å²) in [4.78, 5) is 10.2. The Morgan fingerprint density at radius 1 is 1.67 bits per heavy atom. The van der Waals surface area contributed by atoms with Crippen LogP contribution in [0, 0.1) is 0 Å². The predicted octanol–water partition coefficient (Wildman–Crippen LogP) is -0.182. The largest absolute Gasteiger partial charge is 0.402 e. The summed E-state index contributed by atoms with van der Waals surface area (Å²) in [5, 5.41) is 0. The van der Waals surface area contributed by atoms with Crippen molar-refractivity contribution in [3.63, 3.8) is 0 Å². The molecular weight excluding hydrogens is 118 g/mol. The minimum atomic E-state index is 0.384. The Morgan fingerprint density at radius 3 is 2.89 bits per heavy atom. The molecule has 0 aromatic rings. The average Bonchev–Trinajstić information content (AvgIpc) is 1.89. The van der Waals surface area contributed by atoms with Crippen molar-refractivity contribution < 1.29 is 9.53 Å². The van der Waals surface area contributed by atoms with E-state index >= 15 is 0 Å². The van der Waals surface area contributed by atoms with Gasteiger partial charge in [0.2, 0.25) is 0 Å². The average molecular weight is 127 g/mol. The Balaban J connectivity index is 2.70. The van der Waals surface area contributed by atoms with E-state index in [1.54, 1.807) is 0 Å². The third kappa shape index (κ3) is 1.29. The van der Waals surface area contributed by atoms with E-state index in [-0.39, 0.29) is 0 Å². The third-order valence-corrected chi connectivity index (χ3v) is 1.33. The Hall–Kier alpha value is -0.830. The first-order valence-corrected chi connectivity index (χ1v) is 2.85. The molecule has 0 bridgehead atoms. The van der Waals surface area contributed by atoms with E-state index in [9.17, 15) is 4.79 Å². The molecule has 0 saturated carbocycles. The lowest BCUT2D eigenvalue weighted by Crippen LogP contribution is -2.16. The van der Waals surface area contributed by atoms with Gasteiger partial charge in [0, 0.05) is 17.7 Å². The maximum absolute atomic E-state index is 10.2. The fourth-order valence-electron chi connectivity index (χ4n) is 0.727. The van der Waals surface area contributed by atoms with Crippen molar-refractivity contribution in [2.24, 2.45) is 5.73 Å². The van der Waals surface area contributed by atoms with Crippen LogP contribution in [0.25, 0.3) is 0 Å². The molecule has 1 rings (SSSR count). The second kappa shape index (κ2) is 2.64. The number of carbonyl (C=O) groups excluding carboxylic acids is 1. The van der Waals surface area contributed by atoms with E-state index in [1.807, 2.05) is 0 Å². The maximum Gasteiger partial charge on any atom is 0.150 e. The molecule has 3 nitrogen and oxygen atoms in total. The second-order valence-electron chi connectivity index (χ2n) is 1.97. The lowest BCUT2D eigenvalue weighted by molar-refractivity contribution is -0.105. The van der Waals surface area contributed by atoms with Crippen LogP contribution < -0.4 is 5.73 Å². The normalized spacial score (nSPS) is 20.0. The van der Waals surface area contributed by atoms with Gasteiger partial charge in [-0.3, -0.25) is 4.79 Å². The van der Waals surface area contributed by atoms with Crippen molar-refractivity contribution in [2.45, 2.75) is 6.42 Å². The molecule has 1 heterocycles. The highest BCUT2D eigenvalue weighted by Crippen LogP contribution is 2.07. The smallest absolute Gasteiger partial charge is 0.150 e. The number of carbonyl (C=O) groups is 1. The van der Waals surface area contributed by atoms with Gasteiger partial charge in [-0.25, -0.2) is 0 Å². The Kier molecular flexibility index (Phi) is 1.85.